The van der Waals surface area contributed by atoms with Crippen LogP contribution >= 0.6 is 0 Å². The fourth-order valence-electron chi connectivity index (χ4n) is 3.58. The van der Waals surface area contributed by atoms with E-state index in [1.165, 1.54) is 0 Å². The van der Waals surface area contributed by atoms with Gasteiger partial charge in [-0.05, 0) is 50.0 Å². The highest BCUT2D eigenvalue weighted by molar-refractivity contribution is 5.85. The second-order valence-electron chi connectivity index (χ2n) is 7.64. The molecule has 184 valence electrons. The summed E-state index contributed by atoms with van der Waals surface area (Å²) in [5, 5.41) is 0. The molecule has 0 aliphatic rings. The Morgan fingerprint density at radius 2 is 0.941 bits per heavy atom. The predicted molar refractivity (Wildman–Crippen MR) is 137 cm³/mol. The van der Waals surface area contributed by atoms with E-state index < -0.39 is 12.6 Å². The predicted octanol–water partition coefficient (Wildman–Crippen LogP) is 6.30. The summed E-state index contributed by atoms with van der Waals surface area (Å²) in [5.41, 5.74) is 3.58. The fourth-order valence-corrected chi connectivity index (χ4v) is 3.58. The molecular formula is C29H38O5. The van der Waals surface area contributed by atoms with Crippen molar-refractivity contribution < 1.29 is 23.7 Å². The van der Waals surface area contributed by atoms with Gasteiger partial charge in [-0.25, -0.2) is 0 Å². The van der Waals surface area contributed by atoms with Crippen molar-refractivity contribution >= 4 is 17.9 Å². The van der Waals surface area contributed by atoms with Crippen molar-refractivity contribution in [2.75, 3.05) is 26.4 Å². The molecule has 5 heteroatoms. The molecule has 0 aliphatic heterocycles. The molecule has 0 N–H and O–H groups in total. The number of rotatable bonds is 16. The van der Waals surface area contributed by atoms with Crippen LogP contribution in [-0.4, -0.2) is 44.8 Å². The number of benzene rings is 2. The van der Waals surface area contributed by atoms with Crippen LogP contribution in [0, 0.1) is 0 Å². The van der Waals surface area contributed by atoms with E-state index in [4.69, 9.17) is 18.9 Å². The van der Waals surface area contributed by atoms with Crippen molar-refractivity contribution in [2.24, 2.45) is 0 Å². The minimum Gasteiger partial charge on any atom is -0.349 e. The van der Waals surface area contributed by atoms with Crippen LogP contribution in [0.2, 0.25) is 0 Å². The summed E-state index contributed by atoms with van der Waals surface area (Å²) in [6.45, 7) is 9.63. The second kappa shape index (κ2) is 16.1. The van der Waals surface area contributed by atoms with Crippen LogP contribution < -0.4 is 0 Å². The van der Waals surface area contributed by atoms with Gasteiger partial charge in [0.15, 0.2) is 12.6 Å². The summed E-state index contributed by atoms with van der Waals surface area (Å²) >= 11 is 0. The average molecular weight is 467 g/mol. The van der Waals surface area contributed by atoms with Crippen LogP contribution in [0.15, 0.2) is 71.8 Å². The second-order valence-corrected chi connectivity index (χ2v) is 7.64. The molecule has 0 aromatic heterocycles. The molecule has 5 nitrogen and oxygen atoms in total. The van der Waals surface area contributed by atoms with E-state index in [0.29, 0.717) is 26.4 Å². The fraction of sp³-hybridized carbons (Fsp3) is 0.414. The topological polar surface area (TPSA) is 54.0 Å². The number of ether oxygens (including phenoxy) is 4. The van der Waals surface area contributed by atoms with Gasteiger partial charge in [0.1, 0.15) is 5.78 Å². The zero-order valence-corrected chi connectivity index (χ0v) is 20.9. The lowest BCUT2D eigenvalue weighted by atomic mass is 9.98. The van der Waals surface area contributed by atoms with Gasteiger partial charge in [0.05, 0.1) is 0 Å². The van der Waals surface area contributed by atoms with Gasteiger partial charge < -0.3 is 18.9 Å². The van der Waals surface area contributed by atoms with Gasteiger partial charge in [0, 0.05) is 39.3 Å². The molecule has 2 aromatic rings. The summed E-state index contributed by atoms with van der Waals surface area (Å²) in [7, 11) is 0. The Morgan fingerprint density at radius 1 is 0.618 bits per heavy atom. The molecule has 2 rings (SSSR count). The molecule has 2 aromatic carbocycles. The molecule has 0 saturated carbocycles. The van der Waals surface area contributed by atoms with E-state index in [1.54, 1.807) is 0 Å². The molecule has 0 fully saturated rings. The van der Waals surface area contributed by atoms with Gasteiger partial charge in [-0.15, -0.1) is 0 Å². The van der Waals surface area contributed by atoms with Gasteiger partial charge in [0.25, 0.3) is 0 Å². The van der Waals surface area contributed by atoms with Crippen molar-refractivity contribution in [3.8, 4) is 0 Å². The molecule has 0 bridgehead atoms. The van der Waals surface area contributed by atoms with Crippen LogP contribution in [0.4, 0.5) is 0 Å². The lowest BCUT2D eigenvalue weighted by Crippen LogP contribution is -2.24. The first-order valence-corrected chi connectivity index (χ1v) is 12.1. The van der Waals surface area contributed by atoms with Gasteiger partial charge in [0.2, 0.25) is 0 Å². The van der Waals surface area contributed by atoms with Gasteiger partial charge in [-0.2, -0.15) is 0 Å². The lowest BCUT2D eigenvalue weighted by Gasteiger charge is -2.22. The van der Waals surface area contributed by atoms with E-state index in [2.05, 4.69) is 0 Å². The van der Waals surface area contributed by atoms with Crippen LogP contribution in [0.5, 0.6) is 0 Å². The Labute approximate surface area is 204 Å². The van der Waals surface area contributed by atoms with Crippen LogP contribution in [0.1, 0.15) is 51.7 Å². The molecule has 0 radical (unpaired) electrons. The molecule has 0 spiro atoms. The first-order valence-electron chi connectivity index (χ1n) is 12.1. The average Bonchev–Trinajstić information content (AvgIpc) is 2.84. The first kappa shape index (κ1) is 27.7. The van der Waals surface area contributed by atoms with E-state index in [1.807, 2.05) is 101 Å². The van der Waals surface area contributed by atoms with Crippen molar-refractivity contribution in [2.45, 2.75) is 53.1 Å². The summed E-state index contributed by atoms with van der Waals surface area (Å²) in [4.78, 5) is 13.4. The normalized spacial score (nSPS) is 12.5. The maximum Gasteiger partial charge on any atom is 0.180 e. The summed E-state index contributed by atoms with van der Waals surface area (Å²) in [6, 6.07) is 19.8. The zero-order valence-electron chi connectivity index (χ0n) is 20.9. The van der Waals surface area contributed by atoms with Crippen molar-refractivity contribution in [3.05, 3.63) is 82.9 Å². The van der Waals surface area contributed by atoms with E-state index in [0.717, 1.165) is 22.3 Å². The number of ketones is 1. The van der Waals surface area contributed by atoms with E-state index >= 15 is 0 Å². The number of hydrogen-bond donors (Lipinski definition) is 0. The first-order chi connectivity index (χ1) is 16.6. The van der Waals surface area contributed by atoms with Crippen LogP contribution in [0.25, 0.3) is 12.2 Å². The minimum atomic E-state index is -0.574. The van der Waals surface area contributed by atoms with Crippen molar-refractivity contribution in [3.63, 3.8) is 0 Å². The molecule has 0 atom stereocenters. The Balaban J connectivity index is 2.32. The largest absolute Gasteiger partial charge is 0.349 e. The summed E-state index contributed by atoms with van der Waals surface area (Å²) in [6.07, 6.45) is 3.23. The molecule has 0 heterocycles. The zero-order chi connectivity index (χ0) is 24.6. The quantitative estimate of drug-likeness (QED) is 0.272. The number of hydrogen-bond acceptors (Lipinski definition) is 5. The number of Topliss-reactive ketones (excluding diaryl/α,β-unsaturated/α-hetero) is 1. The molecule has 0 saturated heterocycles. The highest BCUT2D eigenvalue weighted by Crippen LogP contribution is 2.23. The highest BCUT2D eigenvalue weighted by Gasteiger charge is 2.22. The Bertz CT molecular complexity index is 804. The van der Waals surface area contributed by atoms with E-state index in [9.17, 15) is 4.79 Å². The summed E-state index contributed by atoms with van der Waals surface area (Å²) in [5.74, 6) is 0.0400. The Morgan fingerprint density at radius 3 is 1.24 bits per heavy atom. The molecule has 0 amide bonds. The van der Waals surface area contributed by atoms with Gasteiger partial charge >= 0.3 is 0 Å². The molecular weight excluding hydrogens is 428 g/mol. The molecule has 0 aliphatic carbocycles. The molecule has 0 unspecified atom stereocenters. The number of carbonyl (C=O) groups is 1. The van der Waals surface area contributed by atoms with Crippen molar-refractivity contribution in [1.29, 1.82) is 0 Å². The third-order valence-electron chi connectivity index (χ3n) is 4.98. The smallest absolute Gasteiger partial charge is 0.180 e. The minimum absolute atomic E-state index is 0.0400. The third kappa shape index (κ3) is 9.74. The van der Waals surface area contributed by atoms with E-state index in [-0.39, 0.29) is 18.6 Å². The van der Waals surface area contributed by atoms with Crippen molar-refractivity contribution in [1.82, 2.24) is 0 Å². The molecule has 34 heavy (non-hydrogen) atoms. The maximum atomic E-state index is 13.4. The third-order valence-corrected chi connectivity index (χ3v) is 4.98. The van der Waals surface area contributed by atoms with Crippen LogP contribution in [0.3, 0.4) is 0 Å². The van der Waals surface area contributed by atoms with Gasteiger partial charge in [-0.1, -0.05) is 72.8 Å². The standard InChI is InChI=1S/C29H38O5/c1-5-31-28(32-6-2)25(19-23-15-11-9-12-16-23)21-27(30)22-26(29(33-7-3)34-8-4)20-24-17-13-10-14-18-24/h9-20,28-29H,5-8,21-22H2,1-4H3/b25-19+,26-20+. The Kier molecular flexibility index (Phi) is 13.1. The maximum absolute atomic E-state index is 13.4. The van der Waals surface area contributed by atoms with Crippen LogP contribution in [-0.2, 0) is 23.7 Å². The highest BCUT2D eigenvalue weighted by atomic mass is 16.7. The monoisotopic (exact) mass is 466 g/mol. The Hall–Kier alpha value is -2.57. The summed E-state index contributed by atoms with van der Waals surface area (Å²) < 4.78 is 23.3. The van der Waals surface area contributed by atoms with Gasteiger partial charge in [-0.3, -0.25) is 4.79 Å². The SMILES string of the molecule is CCOC(OCC)/C(=C/c1ccccc1)CC(=O)C/C(=C\c1ccccc1)C(OCC)OCC. The number of carbonyl (C=O) groups excluding carboxylic acids is 1. The lowest BCUT2D eigenvalue weighted by molar-refractivity contribution is -0.128.